The van der Waals surface area contributed by atoms with Crippen LogP contribution in [0.2, 0.25) is 5.02 Å². The SMILES string of the molecule is Cn1c(SC[C@@H]2CO[C@H](c3ccc(Cl)cc3)O2)nnc1-c1cccnc1. The maximum absolute atomic E-state index is 5.99. The first kappa shape index (κ1) is 17.5. The van der Waals surface area contributed by atoms with Gasteiger partial charge in [-0.2, -0.15) is 0 Å². The van der Waals surface area contributed by atoms with Crippen molar-refractivity contribution in [3.8, 4) is 11.4 Å². The molecule has 0 unspecified atom stereocenters. The molecule has 8 heteroatoms. The van der Waals surface area contributed by atoms with E-state index in [1.165, 1.54) is 0 Å². The zero-order chi connectivity index (χ0) is 17.9. The van der Waals surface area contributed by atoms with Gasteiger partial charge in [-0.25, -0.2) is 0 Å². The van der Waals surface area contributed by atoms with Crippen molar-refractivity contribution in [1.29, 1.82) is 0 Å². The van der Waals surface area contributed by atoms with E-state index in [-0.39, 0.29) is 12.4 Å². The average molecular weight is 389 g/mol. The number of halogens is 1. The van der Waals surface area contributed by atoms with E-state index in [0.29, 0.717) is 11.6 Å². The predicted octanol–water partition coefficient (Wildman–Crippen LogP) is 3.74. The number of hydrogen-bond acceptors (Lipinski definition) is 6. The number of aromatic nitrogens is 4. The number of nitrogens with zero attached hydrogens (tertiary/aromatic N) is 4. The van der Waals surface area contributed by atoms with E-state index in [1.54, 1.807) is 24.2 Å². The predicted molar refractivity (Wildman–Crippen MR) is 100.0 cm³/mol. The molecule has 2 aromatic heterocycles. The van der Waals surface area contributed by atoms with Crippen LogP contribution < -0.4 is 0 Å². The van der Waals surface area contributed by atoms with Crippen molar-refractivity contribution >= 4 is 23.4 Å². The maximum Gasteiger partial charge on any atom is 0.191 e. The number of rotatable bonds is 5. The lowest BCUT2D eigenvalue weighted by atomic mass is 10.2. The van der Waals surface area contributed by atoms with Crippen molar-refractivity contribution in [1.82, 2.24) is 19.7 Å². The van der Waals surface area contributed by atoms with E-state index in [4.69, 9.17) is 21.1 Å². The summed E-state index contributed by atoms with van der Waals surface area (Å²) in [6.07, 6.45) is 3.18. The zero-order valence-corrected chi connectivity index (χ0v) is 15.7. The molecule has 1 aliphatic heterocycles. The Bertz CT molecular complexity index is 873. The molecule has 6 nitrogen and oxygen atoms in total. The molecule has 1 aliphatic rings. The van der Waals surface area contributed by atoms with E-state index in [2.05, 4.69) is 15.2 Å². The molecule has 26 heavy (non-hydrogen) atoms. The minimum atomic E-state index is -0.344. The first-order chi connectivity index (χ1) is 12.7. The largest absolute Gasteiger partial charge is 0.346 e. The molecule has 3 aromatic rings. The van der Waals surface area contributed by atoms with Crippen LogP contribution in [0.5, 0.6) is 0 Å². The Morgan fingerprint density at radius 1 is 1.23 bits per heavy atom. The van der Waals surface area contributed by atoms with Gasteiger partial charge in [-0.05, 0) is 24.3 Å². The van der Waals surface area contributed by atoms with Crippen molar-refractivity contribution in [2.45, 2.75) is 17.6 Å². The topological polar surface area (TPSA) is 62.1 Å². The first-order valence-electron chi connectivity index (χ1n) is 8.16. The Morgan fingerprint density at radius 2 is 2.08 bits per heavy atom. The van der Waals surface area contributed by atoms with Crippen LogP contribution in [-0.2, 0) is 16.5 Å². The van der Waals surface area contributed by atoms with E-state index in [1.807, 2.05) is 48.0 Å². The lowest BCUT2D eigenvalue weighted by Crippen LogP contribution is -2.13. The normalized spacial score (nSPS) is 19.8. The highest BCUT2D eigenvalue weighted by Gasteiger charge is 2.28. The van der Waals surface area contributed by atoms with Gasteiger partial charge in [-0.3, -0.25) is 4.98 Å². The Morgan fingerprint density at radius 3 is 2.85 bits per heavy atom. The molecule has 0 N–H and O–H groups in total. The van der Waals surface area contributed by atoms with Crippen LogP contribution >= 0.6 is 23.4 Å². The highest BCUT2D eigenvalue weighted by atomic mass is 35.5. The summed E-state index contributed by atoms with van der Waals surface area (Å²) in [5.74, 6) is 1.53. The molecule has 0 radical (unpaired) electrons. The lowest BCUT2D eigenvalue weighted by Gasteiger charge is -2.11. The van der Waals surface area contributed by atoms with Crippen LogP contribution in [0.15, 0.2) is 53.9 Å². The summed E-state index contributed by atoms with van der Waals surface area (Å²) in [5.41, 5.74) is 1.91. The Hall–Kier alpha value is -1.93. The number of hydrogen-bond donors (Lipinski definition) is 0. The standard InChI is InChI=1S/C18H17ClN4O2S/c1-23-16(13-3-2-8-20-9-13)21-22-18(23)26-11-15-10-24-17(25-15)12-4-6-14(19)7-5-12/h2-9,15,17H,10-11H2,1H3/t15-,17-/m0/s1. The van der Waals surface area contributed by atoms with E-state index in [9.17, 15) is 0 Å². The van der Waals surface area contributed by atoms with Crippen LogP contribution in [0.25, 0.3) is 11.4 Å². The van der Waals surface area contributed by atoms with Gasteiger partial charge in [0.2, 0.25) is 0 Å². The van der Waals surface area contributed by atoms with Gasteiger partial charge in [0.15, 0.2) is 17.3 Å². The fourth-order valence-electron chi connectivity index (χ4n) is 2.68. The van der Waals surface area contributed by atoms with Gasteiger partial charge < -0.3 is 14.0 Å². The number of ether oxygens (including phenoxy) is 2. The van der Waals surface area contributed by atoms with Crippen LogP contribution in [0.3, 0.4) is 0 Å². The summed E-state index contributed by atoms with van der Waals surface area (Å²) in [6, 6.07) is 11.4. The van der Waals surface area contributed by atoms with Crippen LogP contribution in [0.1, 0.15) is 11.9 Å². The second kappa shape index (κ2) is 7.75. The van der Waals surface area contributed by atoms with Crippen LogP contribution in [0.4, 0.5) is 0 Å². The highest BCUT2D eigenvalue weighted by Crippen LogP contribution is 2.31. The van der Waals surface area contributed by atoms with Gasteiger partial charge in [0.1, 0.15) is 0 Å². The Balaban J connectivity index is 1.37. The van der Waals surface area contributed by atoms with E-state index < -0.39 is 0 Å². The van der Waals surface area contributed by atoms with Crippen LogP contribution in [-0.4, -0.2) is 38.2 Å². The van der Waals surface area contributed by atoms with Crippen molar-refractivity contribution in [3.63, 3.8) is 0 Å². The Kier molecular flexibility index (Phi) is 5.21. The molecule has 0 spiro atoms. The van der Waals surface area contributed by atoms with Crippen molar-refractivity contribution < 1.29 is 9.47 Å². The molecule has 134 valence electrons. The molecular weight excluding hydrogens is 372 g/mol. The first-order valence-corrected chi connectivity index (χ1v) is 9.52. The summed E-state index contributed by atoms with van der Waals surface area (Å²) in [5, 5.41) is 10.1. The lowest BCUT2D eigenvalue weighted by molar-refractivity contribution is -0.0565. The van der Waals surface area contributed by atoms with Crippen molar-refractivity contribution in [3.05, 3.63) is 59.4 Å². The maximum atomic E-state index is 5.99. The number of pyridine rings is 1. The molecule has 1 fully saturated rings. The smallest absolute Gasteiger partial charge is 0.191 e. The molecule has 3 heterocycles. The summed E-state index contributed by atoms with van der Waals surface area (Å²) >= 11 is 7.52. The third-order valence-corrected chi connectivity index (χ3v) is 5.45. The molecule has 4 rings (SSSR count). The summed E-state index contributed by atoms with van der Waals surface area (Å²) in [6.45, 7) is 0.549. The van der Waals surface area contributed by atoms with E-state index >= 15 is 0 Å². The highest BCUT2D eigenvalue weighted by molar-refractivity contribution is 7.99. The number of thioether (sulfide) groups is 1. The van der Waals surface area contributed by atoms with Crippen LogP contribution in [0, 0.1) is 0 Å². The quantitative estimate of drug-likeness (QED) is 0.620. The number of benzene rings is 1. The second-order valence-electron chi connectivity index (χ2n) is 5.89. The van der Waals surface area contributed by atoms with Crippen molar-refractivity contribution in [2.75, 3.05) is 12.4 Å². The van der Waals surface area contributed by atoms with Gasteiger partial charge >= 0.3 is 0 Å². The molecule has 2 atom stereocenters. The molecule has 0 amide bonds. The van der Waals surface area contributed by atoms with Gasteiger partial charge in [0, 0.05) is 41.3 Å². The monoisotopic (exact) mass is 388 g/mol. The molecule has 1 aromatic carbocycles. The molecule has 0 saturated carbocycles. The molecule has 0 aliphatic carbocycles. The zero-order valence-electron chi connectivity index (χ0n) is 14.1. The minimum absolute atomic E-state index is 0.000722. The van der Waals surface area contributed by atoms with Crippen molar-refractivity contribution in [2.24, 2.45) is 7.05 Å². The fourth-order valence-corrected chi connectivity index (χ4v) is 3.70. The fraction of sp³-hybridized carbons (Fsp3) is 0.278. The van der Waals surface area contributed by atoms with Gasteiger partial charge in [0.05, 0.1) is 12.7 Å². The minimum Gasteiger partial charge on any atom is -0.346 e. The van der Waals surface area contributed by atoms with E-state index in [0.717, 1.165) is 27.9 Å². The van der Waals surface area contributed by atoms with Gasteiger partial charge in [-0.1, -0.05) is 35.5 Å². The third kappa shape index (κ3) is 3.76. The Labute approximate surface area is 160 Å². The second-order valence-corrected chi connectivity index (χ2v) is 7.32. The molecular formula is C18H17ClN4O2S. The van der Waals surface area contributed by atoms with Gasteiger partial charge in [-0.15, -0.1) is 10.2 Å². The third-order valence-electron chi connectivity index (χ3n) is 4.04. The summed E-state index contributed by atoms with van der Waals surface area (Å²) < 4.78 is 13.7. The molecule has 1 saturated heterocycles. The summed E-state index contributed by atoms with van der Waals surface area (Å²) in [7, 11) is 1.95. The van der Waals surface area contributed by atoms with Gasteiger partial charge in [0.25, 0.3) is 0 Å². The average Bonchev–Trinajstić information content (AvgIpc) is 3.28. The summed E-state index contributed by atoms with van der Waals surface area (Å²) in [4.78, 5) is 4.13. The molecule has 0 bridgehead atoms.